The molecule has 0 bridgehead atoms. The number of para-hydroxylation sites is 2. The molecule has 0 aliphatic carbocycles. The maximum absolute atomic E-state index is 6.00. The van der Waals surface area contributed by atoms with Gasteiger partial charge in [0, 0.05) is 46.1 Å². The Hall–Kier alpha value is -3.79. The Morgan fingerprint density at radius 2 is 1.69 bits per heavy atom. The van der Waals surface area contributed by atoms with Crippen LogP contribution in [0.5, 0.6) is 5.75 Å². The van der Waals surface area contributed by atoms with E-state index >= 15 is 0 Å². The lowest BCUT2D eigenvalue weighted by Crippen LogP contribution is -2.00. The van der Waals surface area contributed by atoms with Crippen LogP contribution in [-0.2, 0) is 12.8 Å². The highest BCUT2D eigenvalue weighted by molar-refractivity contribution is 5.92. The van der Waals surface area contributed by atoms with E-state index in [2.05, 4.69) is 70.0 Å². The zero-order valence-corrected chi connectivity index (χ0v) is 18.3. The van der Waals surface area contributed by atoms with E-state index in [1.807, 2.05) is 37.4 Å². The number of nitrogens with one attached hydrogen (secondary N) is 2. The van der Waals surface area contributed by atoms with Crippen LogP contribution in [0.3, 0.4) is 0 Å². The lowest BCUT2D eigenvalue weighted by Gasteiger charge is -2.14. The van der Waals surface area contributed by atoms with Crippen molar-refractivity contribution in [3.05, 3.63) is 96.3 Å². The highest BCUT2D eigenvalue weighted by Gasteiger charge is 2.09. The Bertz CT molecular complexity index is 1350. The summed E-state index contributed by atoms with van der Waals surface area (Å²) in [6, 6.07) is 25.1. The topological polar surface area (TPSA) is 49.9 Å². The van der Waals surface area contributed by atoms with Crippen LogP contribution in [0.1, 0.15) is 24.5 Å². The van der Waals surface area contributed by atoms with Gasteiger partial charge >= 0.3 is 0 Å². The van der Waals surface area contributed by atoms with E-state index in [0.29, 0.717) is 6.61 Å². The standard InChI is InChI=1S/C28H27N3O/c1-2-32-28-18-22(31-27-16-17-29-26-13-6-4-11-24(26)27)15-14-20(28)8-7-9-21-19-30-25-12-5-3-10-23(21)25/h3-6,10-19,30H,2,7-9H2,1H3,(H,29,31). The van der Waals surface area contributed by atoms with Crippen LogP contribution >= 0.6 is 0 Å². The molecule has 0 saturated heterocycles. The fourth-order valence-electron chi connectivity index (χ4n) is 4.30. The second-order valence-corrected chi connectivity index (χ2v) is 7.97. The van der Waals surface area contributed by atoms with Gasteiger partial charge in [-0.2, -0.15) is 0 Å². The first-order valence-corrected chi connectivity index (χ1v) is 11.2. The van der Waals surface area contributed by atoms with Crippen LogP contribution in [-0.4, -0.2) is 16.6 Å². The highest BCUT2D eigenvalue weighted by atomic mass is 16.5. The number of hydrogen-bond acceptors (Lipinski definition) is 3. The van der Waals surface area contributed by atoms with Crippen LogP contribution < -0.4 is 10.1 Å². The molecule has 0 aliphatic rings. The predicted molar refractivity (Wildman–Crippen MR) is 133 cm³/mol. The molecule has 160 valence electrons. The number of H-pyrrole nitrogens is 1. The molecule has 0 aliphatic heterocycles. The number of benzene rings is 3. The van der Waals surface area contributed by atoms with Crippen molar-refractivity contribution in [3.8, 4) is 5.75 Å². The predicted octanol–water partition coefficient (Wildman–Crippen LogP) is 7.03. The average molecular weight is 422 g/mol. The highest BCUT2D eigenvalue weighted by Crippen LogP contribution is 2.30. The Labute approximate surface area is 188 Å². The van der Waals surface area contributed by atoms with Crippen LogP contribution in [0.4, 0.5) is 11.4 Å². The van der Waals surface area contributed by atoms with Gasteiger partial charge in [0.05, 0.1) is 12.1 Å². The molecule has 0 saturated carbocycles. The molecular formula is C28H27N3O. The molecule has 0 radical (unpaired) electrons. The Morgan fingerprint density at radius 1 is 0.875 bits per heavy atom. The van der Waals surface area contributed by atoms with Crippen LogP contribution in [0.15, 0.2) is 85.2 Å². The summed E-state index contributed by atoms with van der Waals surface area (Å²) in [5.41, 5.74) is 6.88. The molecule has 0 atom stereocenters. The summed E-state index contributed by atoms with van der Waals surface area (Å²) < 4.78 is 6.00. The summed E-state index contributed by atoms with van der Waals surface area (Å²) in [7, 11) is 0. The molecule has 4 heteroatoms. The van der Waals surface area contributed by atoms with Gasteiger partial charge in [0.25, 0.3) is 0 Å². The number of ether oxygens (including phenoxy) is 1. The van der Waals surface area contributed by atoms with Crippen molar-refractivity contribution in [2.45, 2.75) is 26.2 Å². The van der Waals surface area contributed by atoms with Crippen LogP contribution in [0.25, 0.3) is 21.8 Å². The number of aryl methyl sites for hydroxylation is 2. The Morgan fingerprint density at radius 3 is 2.59 bits per heavy atom. The lowest BCUT2D eigenvalue weighted by molar-refractivity contribution is 0.336. The molecule has 3 aromatic carbocycles. The fourth-order valence-corrected chi connectivity index (χ4v) is 4.30. The minimum absolute atomic E-state index is 0.650. The van der Waals surface area contributed by atoms with Crippen molar-refractivity contribution in [1.29, 1.82) is 0 Å². The van der Waals surface area contributed by atoms with Gasteiger partial charge in [-0.15, -0.1) is 0 Å². The maximum atomic E-state index is 6.00. The molecule has 4 nitrogen and oxygen atoms in total. The molecule has 32 heavy (non-hydrogen) atoms. The number of pyridine rings is 1. The first-order valence-electron chi connectivity index (χ1n) is 11.2. The van der Waals surface area contributed by atoms with E-state index in [0.717, 1.165) is 47.3 Å². The van der Waals surface area contributed by atoms with E-state index in [9.17, 15) is 0 Å². The van der Waals surface area contributed by atoms with E-state index in [4.69, 9.17) is 4.74 Å². The summed E-state index contributed by atoms with van der Waals surface area (Å²) in [6.07, 6.45) is 7.07. The van der Waals surface area contributed by atoms with E-state index in [-0.39, 0.29) is 0 Å². The van der Waals surface area contributed by atoms with Gasteiger partial charge < -0.3 is 15.0 Å². The summed E-state index contributed by atoms with van der Waals surface area (Å²) in [5, 5.41) is 5.98. The third kappa shape index (κ3) is 4.17. The van der Waals surface area contributed by atoms with E-state index < -0.39 is 0 Å². The SMILES string of the molecule is CCOc1cc(Nc2ccnc3ccccc23)ccc1CCCc1c[nH]c2ccccc12. The molecule has 0 unspecified atom stereocenters. The van der Waals surface area contributed by atoms with Gasteiger partial charge in [-0.3, -0.25) is 4.98 Å². The zero-order valence-electron chi connectivity index (χ0n) is 18.3. The van der Waals surface area contributed by atoms with Crippen LogP contribution in [0.2, 0.25) is 0 Å². The maximum Gasteiger partial charge on any atom is 0.124 e. The van der Waals surface area contributed by atoms with Crippen molar-refractivity contribution < 1.29 is 4.74 Å². The van der Waals surface area contributed by atoms with Crippen molar-refractivity contribution in [2.24, 2.45) is 0 Å². The number of rotatable bonds is 8. The molecular weight excluding hydrogens is 394 g/mol. The number of aromatic amines is 1. The number of aromatic nitrogens is 2. The van der Waals surface area contributed by atoms with Crippen molar-refractivity contribution in [1.82, 2.24) is 9.97 Å². The van der Waals surface area contributed by atoms with E-state index in [1.54, 1.807) is 0 Å². The monoisotopic (exact) mass is 421 g/mol. The third-order valence-electron chi connectivity index (χ3n) is 5.86. The largest absolute Gasteiger partial charge is 0.494 e. The minimum atomic E-state index is 0.650. The number of anilines is 2. The van der Waals surface area contributed by atoms with Crippen molar-refractivity contribution in [2.75, 3.05) is 11.9 Å². The molecule has 0 spiro atoms. The van der Waals surface area contributed by atoms with Gasteiger partial charge in [0.15, 0.2) is 0 Å². The van der Waals surface area contributed by atoms with E-state index in [1.165, 1.54) is 22.0 Å². The molecule has 5 aromatic rings. The van der Waals surface area contributed by atoms with Gasteiger partial charge in [-0.25, -0.2) is 0 Å². The number of fused-ring (bicyclic) bond motifs is 2. The molecule has 2 heterocycles. The van der Waals surface area contributed by atoms with Gasteiger partial charge in [-0.05, 0) is 61.6 Å². The smallest absolute Gasteiger partial charge is 0.124 e. The number of nitrogens with zero attached hydrogens (tertiary/aromatic N) is 1. The summed E-state index contributed by atoms with van der Waals surface area (Å²) in [5.74, 6) is 0.954. The lowest BCUT2D eigenvalue weighted by atomic mass is 10.0. The zero-order chi connectivity index (χ0) is 21.8. The fraction of sp³-hybridized carbons (Fsp3) is 0.179. The second-order valence-electron chi connectivity index (χ2n) is 7.97. The van der Waals surface area contributed by atoms with Gasteiger partial charge in [0.1, 0.15) is 5.75 Å². The molecule has 2 aromatic heterocycles. The third-order valence-corrected chi connectivity index (χ3v) is 5.86. The Balaban J connectivity index is 1.32. The van der Waals surface area contributed by atoms with Crippen molar-refractivity contribution >= 4 is 33.2 Å². The summed E-state index contributed by atoms with van der Waals surface area (Å²) >= 11 is 0. The first kappa shape index (κ1) is 20.1. The second kappa shape index (κ2) is 9.15. The normalized spacial score (nSPS) is 11.2. The van der Waals surface area contributed by atoms with Gasteiger partial charge in [0.2, 0.25) is 0 Å². The molecule has 0 amide bonds. The van der Waals surface area contributed by atoms with Gasteiger partial charge in [-0.1, -0.05) is 42.5 Å². The first-order chi connectivity index (χ1) is 15.8. The molecule has 5 rings (SSSR count). The van der Waals surface area contributed by atoms with Crippen LogP contribution in [0, 0.1) is 0 Å². The molecule has 0 fully saturated rings. The number of hydrogen-bond donors (Lipinski definition) is 2. The summed E-state index contributed by atoms with van der Waals surface area (Å²) in [4.78, 5) is 7.83. The van der Waals surface area contributed by atoms with Crippen molar-refractivity contribution in [3.63, 3.8) is 0 Å². The Kier molecular flexibility index (Phi) is 5.75. The average Bonchev–Trinajstić information content (AvgIpc) is 3.24. The summed E-state index contributed by atoms with van der Waals surface area (Å²) in [6.45, 7) is 2.68. The molecule has 2 N–H and O–H groups in total. The quantitative estimate of drug-likeness (QED) is 0.283. The minimum Gasteiger partial charge on any atom is -0.494 e.